The highest BCUT2D eigenvalue weighted by Gasteiger charge is 2.17. The molecular weight excluding hydrogens is 719 g/mol. The molecule has 1 aromatic heterocycles. The smallest absolute Gasteiger partial charge is 0.0540 e. The Morgan fingerprint density at radius 1 is 0.293 bits per heavy atom. The van der Waals surface area contributed by atoms with Gasteiger partial charge in [-0.2, -0.15) is 0 Å². The van der Waals surface area contributed by atoms with Crippen LogP contribution in [0.4, 0.5) is 17.1 Å². The third-order valence-corrected chi connectivity index (χ3v) is 12.7. The first-order chi connectivity index (χ1) is 28.7. The van der Waals surface area contributed by atoms with Crippen LogP contribution in [0.15, 0.2) is 224 Å². The van der Waals surface area contributed by atoms with Gasteiger partial charge < -0.3 is 4.90 Å². The first kappa shape index (κ1) is 34.0. The van der Waals surface area contributed by atoms with Crippen LogP contribution in [0.5, 0.6) is 0 Å². The summed E-state index contributed by atoms with van der Waals surface area (Å²) in [6.07, 6.45) is 0. The van der Waals surface area contributed by atoms with Crippen LogP contribution >= 0.6 is 11.3 Å². The topological polar surface area (TPSA) is 3.24 Å². The van der Waals surface area contributed by atoms with Crippen LogP contribution in [0.3, 0.4) is 0 Å². The predicted octanol–water partition coefficient (Wildman–Crippen LogP) is 16.5. The van der Waals surface area contributed by atoms with Crippen molar-refractivity contribution in [3.8, 4) is 44.5 Å². The molecule has 272 valence electrons. The number of nitrogens with zero attached hydrogens (tertiary/aromatic N) is 1. The minimum atomic E-state index is 1.11. The summed E-state index contributed by atoms with van der Waals surface area (Å²) in [5, 5.41) is 7.59. The fourth-order valence-corrected chi connectivity index (χ4v) is 9.80. The van der Waals surface area contributed by atoms with Crippen molar-refractivity contribution in [2.45, 2.75) is 0 Å². The Balaban J connectivity index is 0.920. The van der Waals surface area contributed by atoms with E-state index in [-0.39, 0.29) is 0 Å². The number of thiophene rings is 1. The number of anilines is 3. The van der Waals surface area contributed by atoms with Gasteiger partial charge in [0.05, 0.1) is 5.69 Å². The SMILES string of the molecule is c1ccc(-c2cccc3c2sc2ccc(-c4ccc(-c5ccc(N(c6ccc(-c7cccc8ccccc78)cc6)c6cccc7ccccc67)cc5)cc4)cc23)cc1. The lowest BCUT2D eigenvalue weighted by Gasteiger charge is -2.27. The van der Waals surface area contributed by atoms with Crippen molar-refractivity contribution in [1.29, 1.82) is 0 Å². The van der Waals surface area contributed by atoms with Gasteiger partial charge in [-0.3, -0.25) is 0 Å². The van der Waals surface area contributed by atoms with Gasteiger partial charge in [-0.1, -0.05) is 182 Å². The third kappa shape index (κ3) is 6.03. The quantitative estimate of drug-likeness (QED) is 0.157. The summed E-state index contributed by atoms with van der Waals surface area (Å²) < 4.78 is 2.66. The van der Waals surface area contributed by atoms with E-state index in [0.717, 1.165) is 17.1 Å². The minimum Gasteiger partial charge on any atom is -0.310 e. The van der Waals surface area contributed by atoms with Gasteiger partial charge >= 0.3 is 0 Å². The summed E-state index contributed by atoms with van der Waals surface area (Å²) in [5.41, 5.74) is 13.2. The molecule has 0 saturated heterocycles. The van der Waals surface area contributed by atoms with Crippen molar-refractivity contribution in [3.63, 3.8) is 0 Å². The summed E-state index contributed by atoms with van der Waals surface area (Å²) in [6, 6.07) is 81.8. The zero-order valence-electron chi connectivity index (χ0n) is 31.7. The van der Waals surface area contributed by atoms with Crippen LogP contribution in [0.1, 0.15) is 0 Å². The monoisotopic (exact) mass is 755 g/mol. The van der Waals surface area contributed by atoms with Crippen molar-refractivity contribution in [1.82, 2.24) is 0 Å². The number of benzene rings is 10. The summed E-state index contributed by atoms with van der Waals surface area (Å²) in [6.45, 7) is 0. The molecule has 58 heavy (non-hydrogen) atoms. The zero-order chi connectivity index (χ0) is 38.4. The Morgan fingerprint density at radius 3 is 1.50 bits per heavy atom. The van der Waals surface area contributed by atoms with Gasteiger partial charge in [0, 0.05) is 36.9 Å². The predicted molar refractivity (Wildman–Crippen MR) is 251 cm³/mol. The van der Waals surface area contributed by atoms with Crippen molar-refractivity contribution in [2.75, 3.05) is 4.90 Å². The Bertz CT molecular complexity index is 3240. The number of rotatable bonds is 7. The number of hydrogen-bond acceptors (Lipinski definition) is 2. The molecule has 0 unspecified atom stereocenters. The van der Waals surface area contributed by atoms with Gasteiger partial charge in [0.15, 0.2) is 0 Å². The average molecular weight is 756 g/mol. The van der Waals surface area contributed by atoms with E-state index in [9.17, 15) is 0 Å². The molecule has 0 saturated carbocycles. The van der Waals surface area contributed by atoms with Gasteiger partial charge in [-0.15, -0.1) is 11.3 Å². The van der Waals surface area contributed by atoms with E-state index in [4.69, 9.17) is 0 Å². The van der Waals surface area contributed by atoms with E-state index < -0.39 is 0 Å². The summed E-state index contributed by atoms with van der Waals surface area (Å²) in [4.78, 5) is 2.38. The molecule has 0 bridgehead atoms. The van der Waals surface area contributed by atoms with Crippen LogP contribution < -0.4 is 4.90 Å². The molecule has 1 nitrogen and oxygen atoms in total. The van der Waals surface area contributed by atoms with E-state index in [1.54, 1.807) is 0 Å². The van der Waals surface area contributed by atoms with E-state index in [2.05, 4.69) is 229 Å². The largest absolute Gasteiger partial charge is 0.310 e. The summed E-state index contributed by atoms with van der Waals surface area (Å²) in [7, 11) is 0. The molecule has 11 rings (SSSR count). The first-order valence-electron chi connectivity index (χ1n) is 19.8. The maximum absolute atomic E-state index is 2.38. The molecule has 0 atom stereocenters. The lowest BCUT2D eigenvalue weighted by molar-refractivity contribution is 1.30. The van der Waals surface area contributed by atoms with E-state index in [1.165, 1.54) is 86.2 Å². The van der Waals surface area contributed by atoms with E-state index in [0.29, 0.717) is 0 Å². The molecule has 10 aromatic carbocycles. The number of fused-ring (bicyclic) bond motifs is 5. The first-order valence-corrected chi connectivity index (χ1v) is 20.6. The van der Waals surface area contributed by atoms with Gasteiger partial charge in [0.25, 0.3) is 0 Å². The lowest BCUT2D eigenvalue weighted by Crippen LogP contribution is -2.10. The van der Waals surface area contributed by atoms with Crippen LogP contribution in [-0.4, -0.2) is 0 Å². The van der Waals surface area contributed by atoms with Gasteiger partial charge in [-0.25, -0.2) is 0 Å². The molecule has 2 heteroatoms. The molecule has 0 amide bonds. The molecule has 0 aliphatic carbocycles. The normalized spacial score (nSPS) is 11.4. The average Bonchev–Trinajstić information content (AvgIpc) is 3.68. The summed E-state index contributed by atoms with van der Waals surface area (Å²) >= 11 is 1.88. The molecule has 0 aliphatic heterocycles. The molecule has 0 fully saturated rings. The van der Waals surface area contributed by atoms with Crippen molar-refractivity contribution in [2.24, 2.45) is 0 Å². The molecule has 1 heterocycles. The fourth-order valence-electron chi connectivity index (χ4n) is 8.58. The van der Waals surface area contributed by atoms with Crippen LogP contribution in [0.25, 0.3) is 86.2 Å². The molecule has 0 aliphatic rings. The van der Waals surface area contributed by atoms with E-state index >= 15 is 0 Å². The van der Waals surface area contributed by atoms with Crippen LogP contribution in [0, 0.1) is 0 Å². The molecule has 11 aromatic rings. The lowest BCUT2D eigenvalue weighted by atomic mass is 9.97. The second-order valence-corrected chi connectivity index (χ2v) is 15.9. The highest BCUT2D eigenvalue weighted by Crippen LogP contribution is 2.43. The van der Waals surface area contributed by atoms with Crippen molar-refractivity contribution in [3.05, 3.63) is 224 Å². The zero-order valence-corrected chi connectivity index (χ0v) is 32.5. The highest BCUT2D eigenvalue weighted by molar-refractivity contribution is 7.26. The second-order valence-electron chi connectivity index (χ2n) is 14.9. The molecule has 0 radical (unpaired) electrons. The maximum Gasteiger partial charge on any atom is 0.0540 e. The van der Waals surface area contributed by atoms with Crippen molar-refractivity contribution >= 4 is 70.1 Å². The van der Waals surface area contributed by atoms with E-state index in [1.807, 2.05) is 11.3 Å². The third-order valence-electron chi connectivity index (χ3n) is 11.5. The minimum absolute atomic E-state index is 1.11. The van der Waals surface area contributed by atoms with Gasteiger partial charge in [0.1, 0.15) is 0 Å². The molecule has 0 spiro atoms. The Labute approximate surface area is 342 Å². The van der Waals surface area contributed by atoms with Crippen LogP contribution in [0.2, 0.25) is 0 Å². The highest BCUT2D eigenvalue weighted by atomic mass is 32.1. The summed E-state index contributed by atoms with van der Waals surface area (Å²) in [5.74, 6) is 0. The van der Waals surface area contributed by atoms with Gasteiger partial charge in [-0.05, 0) is 103 Å². The Kier molecular flexibility index (Phi) is 8.42. The maximum atomic E-state index is 2.38. The van der Waals surface area contributed by atoms with Crippen molar-refractivity contribution < 1.29 is 0 Å². The van der Waals surface area contributed by atoms with Gasteiger partial charge in [0.2, 0.25) is 0 Å². The second kappa shape index (κ2) is 14.4. The van der Waals surface area contributed by atoms with Crippen LogP contribution in [-0.2, 0) is 0 Å². The molecular formula is C56H37NS. The Hall–Kier alpha value is -7.26. The Morgan fingerprint density at radius 2 is 0.776 bits per heavy atom. The molecule has 0 N–H and O–H groups in total. The number of hydrogen-bond donors (Lipinski definition) is 0. The standard InChI is InChI=1S/C56H37NS/c1-2-11-43(12-3-1)51-20-10-21-52-53-37-45(31-36-55(53)58-56(51)52)40-25-23-38(24-26-40)39-27-32-46(33-28-39)57(54-22-9-16-42-14-5-7-18-50(42)54)47-34-29-44(30-35-47)49-19-8-15-41-13-4-6-17-48(41)49/h1-37H. The fraction of sp³-hybridized carbons (Fsp3) is 0.